The van der Waals surface area contributed by atoms with Crippen molar-refractivity contribution in [3.05, 3.63) is 29.8 Å². The molecule has 0 saturated carbocycles. The van der Waals surface area contributed by atoms with Crippen LogP contribution < -0.4 is 4.90 Å². The third-order valence-corrected chi connectivity index (χ3v) is 2.03. The lowest BCUT2D eigenvalue weighted by Gasteiger charge is -2.19. The topological polar surface area (TPSA) is 20.3 Å². The van der Waals surface area contributed by atoms with Crippen LogP contribution in [0.15, 0.2) is 24.3 Å². The molecule has 13 heavy (non-hydrogen) atoms. The average molecular weight is 177 g/mol. The Morgan fingerprint density at radius 1 is 1.38 bits per heavy atom. The van der Waals surface area contributed by atoms with Crippen molar-refractivity contribution in [3.63, 3.8) is 0 Å². The number of hydrogen-bond acceptors (Lipinski definition) is 2. The van der Waals surface area contributed by atoms with Gasteiger partial charge in [0.2, 0.25) is 0 Å². The van der Waals surface area contributed by atoms with E-state index in [9.17, 15) is 4.79 Å². The van der Waals surface area contributed by atoms with Crippen LogP contribution in [0.3, 0.4) is 0 Å². The van der Waals surface area contributed by atoms with Crippen molar-refractivity contribution in [1.29, 1.82) is 0 Å². The SMILES string of the molecule is CCCN(C)c1ccccc1C=O. The standard InChI is InChI=1S/C11H15NO/c1-3-8-12(2)11-7-5-4-6-10(11)9-13/h4-7,9H,3,8H2,1-2H3. The van der Waals surface area contributed by atoms with Crippen LogP contribution in [0.1, 0.15) is 23.7 Å². The molecule has 0 spiro atoms. The van der Waals surface area contributed by atoms with Crippen molar-refractivity contribution in [3.8, 4) is 0 Å². The number of para-hydroxylation sites is 1. The van der Waals surface area contributed by atoms with Crippen LogP contribution in [-0.4, -0.2) is 19.9 Å². The molecule has 0 atom stereocenters. The highest BCUT2D eigenvalue weighted by Crippen LogP contribution is 2.16. The molecule has 0 amide bonds. The zero-order valence-corrected chi connectivity index (χ0v) is 8.16. The maximum atomic E-state index is 10.7. The summed E-state index contributed by atoms with van der Waals surface area (Å²) in [7, 11) is 2.01. The molecule has 2 nitrogen and oxygen atoms in total. The number of aldehydes is 1. The first-order valence-electron chi connectivity index (χ1n) is 4.55. The Hall–Kier alpha value is -1.31. The fraction of sp³-hybridized carbons (Fsp3) is 0.364. The minimum atomic E-state index is 0.762. The van der Waals surface area contributed by atoms with E-state index in [0.29, 0.717) is 0 Å². The van der Waals surface area contributed by atoms with E-state index in [2.05, 4.69) is 11.8 Å². The van der Waals surface area contributed by atoms with Crippen LogP contribution in [0.2, 0.25) is 0 Å². The van der Waals surface area contributed by atoms with Crippen LogP contribution in [0, 0.1) is 0 Å². The first-order valence-corrected chi connectivity index (χ1v) is 4.55. The largest absolute Gasteiger partial charge is 0.374 e. The highest BCUT2D eigenvalue weighted by Gasteiger charge is 2.03. The number of nitrogens with zero attached hydrogens (tertiary/aromatic N) is 1. The van der Waals surface area contributed by atoms with Gasteiger partial charge in [-0.25, -0.2) is 0 Å². The van der Waals surface area contributed by atoms with Crippen molar-refractivity contribution in [2.24, 2.45) is 0 Å². The highest BCUT2D eigenvalue weighted by atomic mass is 16.1. The lowest BCUT2D eigenvalue weighted by Crippen LogP contribution is -2.19. The van der Waals surface area contributed by atoms with E-state index < -0.39 is 0 Å². The fourth-order valence-corrected chi connectivity index (χ4v) is 1.39. The van der Waals surface area contributed by atoms with Gasteiger partial charge in [-0.1, -0.05) is 19.1 Å². The Labute approximate surface area is 79.2 Å². The Balaban J connectivity index is 2.91. The van der Waals surface area contributed by atoms with Gasteiger partial charge in [0, 0.05) is 24.8 Å². The smallest absolute Gasteiger partial charge is 0.152 e. The average Bonchev–Trinajstić information content (AvgIpc) is 2.18. The lowest BCUT2D eigenvalue weighted by molar-refractivity contribution is 0.112. The van der Waals surface area contributed by atoms with Gasteiger partial charge in [-0.3, -0.25) is 4.79 Å². The normalized spacial score (nSPS) is 9.69. The number of carbonyl (C=O) groups excluding carboxylic acids is 1. The number of anilines is 1. The van der Waals surface area contributed by atoms with Crippen LogP contribution in [0.5, 0.6) is 0 Å². The minimum absolute atomic E-state index is 0.762. The Morgan fingerprint density at radius 3 is 2.69 bits per heavy atom. The van der Waals surface area contributed by atoms with E-state index in [4.69, 9.17) is 0 Å². The molecule has 0 heterocycles. The first-order chi connectivity index (χ1) is 6.29. The number of rotatable bonds is 4. The summed E-state index contributed by atoms with van der Waals surface area (Å²) in [5.41, 5.74) is 1.78. The third kappa shape index (κ3) is 2.31. The van der Waals surface area contributed by atoms with Crippen molar-refractivity contribution in [1.82, 2.24) is 0 Å². The summed E-state index contributed by atoms with van der Waals surface area (Å²) >= 11 is 0. The summed E-state index contributed by atoms with van der Waals surface area (Å²) in [5.74, 6) is 0. The Bertz CT molecular complexity index is 283. The summed E-state index contributed by atoms with van der Waals surface area (Å²) < 4.78 is 0. The summed E-state index contributed by atoms with van der Waals surface area (Å²) in [6, 6.07) is 7.65. The zero-order chi connectivity index (χ0) is 9.68. The molecule has 0 fully saturated rings. The Kier molecular flexibility index (Phi) is 3.50. The van der Waals surface area contributed by atoms with Gasteiger partial charge >= 0.3 is 0 Å². The molecular weight excluding hydrogens is 162 g/mol. The molecule has 70 valence electrons. The van der Waals surface area contributed by atoms with Crippen molar-refractivity contribution in [2.75, 3.05) is 18.5 Å². The second kappa shape index (κ2) is 4.65. The van der Waals surface area contributed by atoms with E-state index in [1.165, 1.54) is 0 Å². The number of hydrogen-bond donors (Lipinski definition) is 0. The number of benzene rings is 1. The number of carbonyl (C=O) groups is 1. The summed E-state index contributed by atoms with van der Waals surface area (Å²) in [6.45, 7) is 3.10. The third-order valence-electron chi connectivity index (χ3n) is 2.03. The maximum absolute atomic E-state index is 10.7. The molecule has 0 radical (unpaired) electrons. The van der Waals surface area contributed by atoms with Gasteiger partial charge < -0.3 is 4.90 Å². The van der Waals surface area contributed by atoms with E-state index >= 15 is 0 Å². The van der Waals surface area contributed by atoms with Gasteiger partial charge in [-0.05, 0) is 18.6 Å². The molecule has 0 bridgehead atoms. The molecule has 1 rings (SSSR count). The maximum Gasteiger partial charge on any atom is 0.152 e. The Morgan fingerprint density at radius 2 is 2.08 bits per heavy atom. The highest BCUT2D eigenvalue weighted by molar-refractivity contribution is 5.84. The monoisotopic (exact) mass is 177 g/mol. The van der Waals surface area contributed by atoms with Gasteiger partial charge in [-0.15, -0.1) is 0 Å². The van der Waals surface area contributed by atoms with Gasteiger partial charge in [0.1, 0.15) is 0 Å². The van der Waals surface area contributed by atoms with Crippen LogP contribution in [0.25, 0.3) is 0 Å². The molecule has 1 aromatic carbocycles. The fourth-order valence-electron chi connectivity index (χ4n) is 1.39. The van der Waals surface area contributed by atoms with Crippen LogP contribution in [0.4, 0.5) is 5.69 Å². The van der Waals surface area contributed by atoms with Crippen molar-refractivity contribution >= 4 is 12.0 Å². The predicted octanol–water partition coefficient (Wildman–Crippen LogP) is 2.35. The molecule has 0 aliphatic heterocycles. The van der Waals surface area contributed by atoms with Crippen molar-refractivity contribution in [2.45, 2.75) is 13.3 Å². The molecule has 1 aromatic rings. The molecule has 0 saturated heterocycles. The molecular formula is C11H15NO. The van der Waals surface area contributed by atoms with Gasteiger partial charge in [0.25, 0.3) is 0 Å². The minimum Gasteiger partial charge on any atom is -0.374 e. The van der Waals surface area contributed by atoms with E-state index in [-0.39, 0.29) is 0 Å². The van der Waals surface area contributed by atoms with E-state index in [0.717, 1.165) is 30.5 Å². The molecule has 0 aliphatic rings. The predicted molar refractivity (Wildman–Crippen MR) is 55.4 cm³/mol. The lowest BCUT2D eigenvalue weighted by atomic mass is 10.2. The first kappa shape index (κ1) is 9.78. The quantitative estimate of drug-likeness (QED) is 0.658. The van der Waals surface area contributed by atoms with E-state index in [1.807, 2.05) is 31.3 Å². The summed E-state index contributed by atoms with van der Waals surface area (Å²) in [6.07, 6.45) is 1.99. The van der Waals surface area contributed by atoms with Gasteiger partial charge in [0.05, 0.1) is 0 Å². The molecule has 0 aromatic heterocycles. The zero-order valence-electron chi connectivity index (χ0n) is 8.16. The van der Waals surface area contributed by atoms with Crippen LogP contribution in [-0.2, 0) is 0 Å². The molecule has 0 unspecified atom stereocenters. The van der Waals surface area contributed by atoms with E-state index in [1.54, 1.807) is 0 Å². The van der Waals surface area contributed by atoms with Crippen LogP contribution >= 0.6 is 0 Å². The summed E-state index contributed by atoms with van der Waals surface area (Å²) in [5, 5.41) is 0. The molecule has 2 heteroatoms. The van der Waals surface area contributed by atoms with Gasteiger partial charge in [0.15, 0.2) is 6.29 Å². The molecule has 0 aliphatic carbocycles. The van der Waals surface area contributed by atoms with Crippen molar-refractivity contribution < 1.29 is 4.79 Å². The second-order valence-electron chi connectivity index (χ2n) is 3.10. The summed E-state index contributed by atoms with van der Waals surface area (Å²) in [4.78, 5) is 12.8. The second-order valence-corrected chi connectivity index (χ2v) is 3.10. The molecule has 0 N–H and O–H groups in total. The van der Waals surface area contributed by atoms with Gasteiger partial charge in [-0.2, -0.15) is 0 Å².